The summed E-state index contributed by atoms with van der Waals surface area (Å²) in [6, 6.07) is 6.21. The molecule has 0 radical (unpaired) electrons. The fraction of sp³-hybridized carbons (Fsp3) is 0.333. The summed E-state index contributed by atoms with van der Waals surface area (Å²) < 4.78 is 5.43. The van der Waals surface area contributed by atoms with Gasteiger partial charge in [0.05, 0.1) is 28.8 Å². The van der Waals surface area contributed by atoms with Gasteiger partial charge in [-0.1, -0.05) is 32.0 Å². The number of nitrogens with zero attached hydrogens (tertiary/aromatic N) is 2. The highest BCUT2D eigenvalue weighted by molar-refractivity contribution is 7.10. The Labute approximate surface area is 127 Å². The van der Waals surface area contributed by atoms with Gasteiger partial charge in [0.2, 0.25) is 5.88 Å². The molecule has 1 aliphatic heterocycles. The molecule has 0 aliphatic carbocycles. The number of hydrogen-bond acceptors (Lipinski definition) is 6. The van der Waals surface area contributed by atoms with Crippen LogP contribution >= 0.6 is 11.3 Å². The molecule has 108 valence electrons. The summed E-state index contributed by atoms with van der Waals surface area (Å²) in [7, 11) is 0. The van der Waals surface area contributed by atoms with Crippen LogP contribution in [0.2, 0.25) is 0 Å². The maximum atomic E-state index is 9.51. The van der Waals surface area contributed by atoms with E-state index in [4.69, 9.17) is 10.3 Å². The quantitative estimate of drug-likeness (QED) is 0.843. The Bertz CT molecular complexity index is 744. The molecule has 2 aromatic heterocycles. The summed E-state index contributed by atoms with van der Waals surface area (Å²) in [5.74, 6) is 0.654. The zero-order valence-corrected chi connectivity index (χ0v) is 12.9. The largest absolute Gasteiger partial charge is 0.384 e. The highest BCUT2D eigenvalue weighted by Gasteiger charge is 2.38. The number of thiophene rings is 1. The zero-order valence-electron chi connectivity index (χ0n) is 12.1. The number of anilines is 1. The lowest BCUT2D eigenvalue weighted by molar-refractivity contribution is 0.404. The standard InChI is InChI=1S/C15H16N4OS/c1-15(2,3)12-11-10(9-5-4-6-21-9)8(7-16)13(17)18-14(11)20-19-12/h4-6,10,18H,17H2,1-3H3. The molecule has 0 fully saturated rings. The van der Waals surface area contributed by atoms with E-state index in [9.17, 15) is 5.26 Å². The predicted molar refractivity (Wildman–Crippen MR) is 81.8 cm³/mol. The van der Waals surface area contributed by atoms with Crippen molar-refractivity contribution in [1.82, 2.24) is 5.16 Å². The second-order valence-electron chi connectivity index (χ2n) is 6.04. The van der Waals surface area contributed by atoms with Crippen LogP contribution in [0.5, 0.6) is 0 Å². The number of fused-ring (bicyclic) bond motifs is 1. The smallest absolute Gasteiger partial charge is 0.234 e. The molecule has 1 aliphatic rings. The number of hydrogen-bond donors (Lipinski definition) is 2. The first-order valence-corrected chi connectivity index (χ1v) is 7.51. The Balaban J connectivity index is 2.26. The lowest BCUT2D eigenvalue weighted by Gasteiger charge is -2.25. The van der Waals surface area contributed by atoms with E-state index in [-0.39, 0.29) is 11.3 Å². The van der Waals surface area contributed by atoms with Crippen molar-refractivity contribution >= 4 is 17.2 Å². The molecule has 3 heterocycles. The molecular formula is C15H16N4OS. The van der Waals surface area contributed by atoms with Gasteiger partial charge in [-0.25, -0.2) is 0 Å². The monoisotopic (exact) mass is 300 g/mol. The zero-order chi connectivity index (χ0) is 15.2. The van der Waals surface area contributed by atoms with Crippen LogP contribution in [-0.2, 0) is 5.41 Å². The van der Waals surface area contributed by atoms with Gasteiger partial charge < -0.3 is 15.6 Å². The van der Waals surface area contributed by atoms with Crippen molar-refractivity contribution in [1.29, 1.82) is 5.26 Å². The summed E-state index contributed by atoms with van der Waals surface area (Å²) in [5.41, 5.74) is 8.08. The van der Waals surface area contributed by atoms with E-state index in [0.717, 1.165) is 16.1 Å². The minimum Gasteiger partial charge on any atom is -0.384 e. The number of allylic oxidation sites excluding steroid dienone is 1. The third-order valence-electron chi connectivity index (χ3n) is 3.50. The molecule has 3 N–H and O–H groups in total. The van der Waals surface area contributed by atoms with Crippen LogP contribution in [0.1, 0.15) is 42.8 Å². The van der Waals surface area contributed by atoms with Gasteiger partial charge in [0.15, 0.2) is 0 Å². The van der Waals surface area contributed by atoms with Gasteiger partial charge in [-0.3, -0.25) is 0 Å². The van der Waals surface area contributed by atoms with Gasteiger partial charge in [0, 0.05) is 10.3 Å². The maximum Gasteiger partial charge on any atom is 0.234 e. The fourth-order valence-electron chi connectivity index (χ4n) is 2.55. The number of nitrogens with one attached hydrogen (secondary N) is 1. The molecule has 0 aromatic carbocycles. The highest BCUT2D eigenvalue weighted by Crippen LogP contribution is 2.46. The van der Waals surface area contributed by atoms with Crippen LogP contribution < -0.4 is 11.1 Å². The number of aromatic nitrogens is 1. The Hall–Kier alpha value is -2.26. The molecule has 21 heavy (non-hydrogen) atoms. The second kappa shape index (κ2) is 4.64. The minimum absolute atomic E-state index is 0.180. The lowest BCUT2D eigenvalue weighted by atomic mass is 9.80. The van der Waals surface area contributed by atoms with Gasteiger partial charge >= 0.3 is 0 Å². The predicted octanol–water partition coefficient (Wildman–Crippen LogP) is 3.28. The fourth-order valence-corrected chi connectivity index (χ4v) is 3.39. The first-order chi connectivity index (χ1) is 9.93. The van der Waals surface area contributed by atoms with Crippen molar-refractivity contribution < 1.29 is 4.52 Å². The summed E-state index contributed by atoms with van der Waals surface area (Å²) in [4.78, 5) is 1.06. The van der Waals surface area contributed by atoms with Crippen LogP contribution in [-0.4, -0.2) is 5.16 Å². The molecule has 1 atom stereocenters. The normalized spacial score (nSPS) is 18.1. The Morgan fingerprint density at radius 3 is 2.81 bits per heavy atom. The summed E-state index contributed by atoms with van der Waals surface area (Å²) >= 11 is 1.60. The highest BCUT2D eigenvalue weighted by atomic mass is 32.1. The maximum absolute atomic E-state index is 9.51. The Morgan fingerprint density at radius 1 is 1.48 bits per heavy atom. The van der Waals surface area contributed by atoms with Gasteiger partial charge in [-0.2, -0.15) is 5.26 Å². The first-order valence-electron chi connectivity index (χ1n) is 6.63. The second-order valence-corrected chi connectivity index (χ2v) is 7.02. The molecule has 5 nitrogen and oxygen atoms in total. The molecular weight excluding hydrogens is 284 g/mol. The lowest BCUT2D eigenvalue weighted by Crippen LogP contribution is -2.24. The number of nitrogens with two attached hydrogens (primary N) is 1. The molecule has 3 rings (SSSR count). The van der Waals surface area contributed by atoms with Crippen LogP contribution in [0.3, 0.4) is 0 Å². The van der Waals surface area contributed by atoms with Crippen LogP contribution in [0.15, 0.2) is 33.4 Å². The van der Waals surface area contributed by atoms with Gasteiger partial charge in [-0.15, -0.1) is 11.3 Å². The van der Waals surface area contributed by atoms with Crippen molar-refractivity contribution in [2.75, 3.05) is 5.32 Å². The van der Waals surface area contributed by atoms with Gasteiger partial charge in [0.25, 0.3) is 0 Å². The molecule has 0 saturated carbocycles. The average molecular weight is 300 g/mol. The SMILES string of the molecule is CC(C)(C)c1noc2c1C(c1cccs1)C(C#N)=C(N)N2. The molecule has 1 unspecified atom stereocenters. The summed E-state index contributed by atoms with van der Waals surface area (Å²) in [5, 5.41) is 18.7. The molecule has 0 bridgehead atoms. The van der Waals surface area contributed by atoms with E-state index in [1.807, 2.05) is 17.5 Å². The average Bonchev–Trinajstić information content (AvgIpc) is 3.04. The van der Waals surface area contributed by atoms with Gasteiger partial charge in [0.1, 0.15) is 5.82 Å². The van der Waals surface area contributed by atoms with E-state index in [1.165, 1.54) is 0 Å². The molecule has 2 aromatic rings. The molecule has 0 amide bonds. The number of rotatable bonds is 1. The first kappa shape index (κ1) is 13.7. The molecule has 6 heteroatoms. The summed E-state index contributed by atoms with van der Waals surface area (Å²) in [6.45, 7) is 6.22. The van der Waals surface area contributed by atoms with E-state index < -0.39 is 0 Å². The van der Waals surface area contributed by atoms with Crippen molar-refractivity contribution in [3.8, 4) is 6.07 Å². The van der Waals surface area contributed by atoms with E-state index in [2.05, 4.69) is 37.3 Å². The van der Waals surface area contributed by atoms with Crippen molar-refractivity contribution in [2.45, 2.75) is 32.1 Å². The summed E-state index contributed by atoms with van der Waals surface area (Å²) in [6.07, 6.45) is 0. The van der Waals surface area contributed by atoms with Crippen LogP contribution in [0.4, 0.5) is 5.88 Å². The van der Waals surface area contributed by atoms with E-state index in [1.54, 1.807) is 11.3 Å². The Kier molecular flexibility index (Phi) is 3.03. The van der Waals surface area contributed by atoms with Crippen molar-refractivity contribution in [2.24, 2.45) is 5.73 Å². The Morgan fingerprint density at radius 2 is 2.24 bits per heavy atom. The topological polar surface area (TPSA) is 87.9 Å². The van der Waals surface area contributed by atoms with Crippen LogP contribution in [0.25, 0.3) is 0 Å². The van der Waals surface area contributed by atoms with E-state index >= 15 is 0 Å². The minimum atomic E-state index is -0.216. The van der Waals surface area contributed by atoms with Gasteiger partial charge in [-0.05, 0) is 11.4 Å². The molecule has 0 spiro atoms. The van der Waals surface area contributed by atoms with Crippen molar-refractivity contribution in [3.05, 3.63) is 45.0 Å². The molecule has 0 saturated heterocycles. The third-order valence-corrected chi connectivity index (χ3v) is 4.44. The van der Waals surface area contributed by atoms with Crippen molar-refractivity contribution in [3.63, 3.8) is 0 Å². The number of nitriles is 1. The third kappa shape index (κ3) is 2.10. The van der Waals surface area contributed by atoms with Crippen LogP contribution in [0, 0.1) is 11.3 Å². The van der Waals surface area contributed by atoms with E-state index in [0.29, 0.717) is 17.3 Å².